The summed E-state index contributed by atoms with van der Waals surface area (Å²) in [5.41, 5.74) is 2.34. The van der Waals surface area contributed by atoms with Crippen LogP contribution in [0, 0.1) is 0 Å². The van der Waals surface area contributed by atoms with Gasteiger partial charge >= 0.3 is 0 Å². The Kier molecular flexibility index (Phi) is 4.86. The van der Waals surface area contributed by atoms with E-state index in [1.54, 1.807) is 14.2 Å². The van der Waals surface area contributed by atoms with Crippen molar-refractivity contribution in [1.29, 1.82) is 0 Å². The van der Waals surface area contributed by atoms with Gasteiger partial charge in [0.25, 0.3) is 0 Å². The maximum atomic E-state index is 5.42. The molecule has 0 aliphatic rings. The Morgan fingerprint density at radius 3 is 2.19 bits per heavy atom. The van der Waals surface area contributed by atoms with Crippen molar-refractivity contribution in [2.75, 3.05) is 21.0 Å². The van der Waals surface area contributed by atoms with Gasteiger partial charge in [0.05, 0.1) is 7.11 Å². The first-order valence-electron chi connectivity index (χ1n) is 6.94. The molecule has 0 spiro atoms. The third kappa shape index (κ3) is 3.56. The summed E-state index contributed by atoms with van der Waals surface area (Å²) in [5, 5.41) is 0. The first-order chi connectivity index (χ1) is 10.1. The van der Waals surface area contributed by atoms with E-state index >= 15 is 0 Å². The van der Waals surface area contributed by atoms with E-state index in [0.717, 1.165) is 11.5 Å². The van der Waals surface area contributed by atoms with Gasteiger partial charge in [-0.1, -0.05) is 38.1 Å². The lowest BCUT2D eigenvalue weighted by Crippen LogP contribution is -2.18. The SMILES string of the molecule is COCOc1ccc(C(C)(C)c2cccc(OC)c2)cc1. The van der Waals surface area contributed by atoms with E-state index in [4.69, 9.17) is 14.2 Å². The molecule has 0 aromatic heterocycles. The van der Waals surface area contributed by atoms with E-state index in [1.807, 2.05) is 24.3 Å². The van der Waals surface area contributed by atoms with Crippen molar-refractivity contribution in [2.45, 2.75) is 19.3 Å². The molecular formula is C18H22O3. The number of benzene rings is 2. The monoisotopic (exact) mass is 286 g/mol. The smallest absolute Gasteiger partial charge is 0.188 e. The molecule has 0 fully saturated rings. The van der Waals surface area contributed by atoms with Crippen molar-refractivity contribution in [3.8, 4) is 11.5 Å². The summed E-state index contributed by atoms with van der Waals surface area (Å²) < 4.78 is 15.6. The van der Waals surface area contributed by atoms with Gasteiger partial charge in [-0.3, -0.25) is 0 Å². The number of rotatable bonds is 6. The molecule has 0 saturated heterocycles. The number of ether oxygens (including phenoxy) is 3. The second-order valence-electron chi connectivity index (χ2n) is 5.43. The minimum Gasteiger partial charge on any atom is -0.497 e. The van der Waals surface area contributed by atoms with Gasteiger partial charge in [-0.25, -0.2) is 0 Å². The predicted molar refractivity (Wildman–Crippen MR) is 84.1 cm³/mol. The van der Waals surface area contributed by atoms with Crippen LogP contribution in [-0.2, 0) is 10.2 Å². The predicted octanol–water partition coefficient (Wildman–Crippen LogP) is 4.00. The van der Waals surface area contributed by atoms with Gasteiger partial charge in [-0.15, -0.1) is 0 Å². The minimum absolute atomic E-state index is 0.103. The number of methoxy groups -OCH3 is 2. The van der Waals surface area contributed by atoms with E-state index in [0.29, 0.717) is 0 Å². The molecule has 0 radical (unpaired) electrons. The van der Waals surface area contributed by atoms with Gasteiger partial charge in [0.15, 0.2) is 6.79 Å². The fourth-order valence-electron chi connectivity index (χ4n) is 2.27. The van der Waals surface area contributed by atoms with Crippen LogP contribution in [0.4, 0.5) is 0 Å². The minimum atomic E-state index is -0.103. The molecule has 3 heteroatoms. The molecule has 2 aromatic rings. The van der Waals surface area contributed by atoms with Crippen molar-refractivity contribution in [2.24, 2.45) is 0 Å². The molecule has 0 aliphatic heterocycles. The Bertz CT molecular complexity index is 573. The van der Waals surface area contributed by atoms with Crippen molar-refractivity contribution in [3.05, 3.63) is 59.7 Å². The summed E-state index contributed by atoms with van der Waals surface area (Å²) in [7, 11) is 3.30. The summed E-state index contributed by atoms with van der Waals surface area (Å²) in [6, 6.07) is 16.3. The summed E-state index contributed by atoms with van der Waals surface area (Å²) in [6.45, 7) is 4.66. The van der Waals surface area contributed by atoms with E-state index in [-0.39, 0.29) is 12.2 Å². The van der Waals surface area contributed by atoms with E-state index in [1.165, 1.54) is 11.1 Å². The van der Waals surface area contributed by atoms with Crippen molar-refractivity contribution in [3.63, 3.8) is 0 Å². The average molecular weight is 286 g/mol. The normalized spacial score (nSPS) is 11.2. The lowest BCUT2D eigenvalue weighted by atomic mass is 9.78. The van der Waals surface area contributed by atoms with E-state index in [9.17, 15) is 0 Å². The van der Waals surface area contributed by atoms with Crippen molar-refractivity contribution < 1.29 is 14.2 Å². The summed E-state index contributed by atoms with van der Waals surface area (Å²) in [4.78, 5) is 0. The lowest BCUT2D eigenvalue weighted by molar-refractivity contribution is 0.0511. The third-order valence-electron chi connectivity index (χ3n) is 3.71. The van der Waals surface area contributed by atoms with Gasteiger partial charge in [0, 0.05) is 12.5 Å². The maximum absolute atomic E-state index is 5.42. The second kappa shape index (κ2) is 6.64. The average Bonchev–Trinajstić information content (AvgIpc) is 2.53. The van der Waals surface area contributed by atoms with Crippen LogP contribution in [0.15, 0.2) is 48.5 Å². The topological polar surface area (TPSA) is 27.7 Å². The number of hydrogen-bond donors (Lipinski definition) is 0. The van der Waals surface area contributed by atoms with Crippen LogP contribution in [0.5, 0.6) is 11.5 Å². The zero-order valence-corrected chi connectivity index (χ0v) is 13.1. The molecule has 0 heterocycles. The van der Waals surface area contributed by atoms with Crippen LogP contribution >= 0.6 is 0 Å². The quantitative estimate of drug-likeness (QED) is 0.751. The molecule has 0 amide bonds. The largest absolute Gasteiger partial charge is 0.497 e. The van der Waals surface area contributed by atoms with Gasteiger partial charge in [0.1, 0.15) is 11.5 Å². The Morgan fingerprint density at radius 2 is 1.57 bits per heavy atom. The molecule has 0 saturated carbocycles. The highest BCUT2D eigenvalue weighted by molar-refractivity contribution is 5.42. The van der Waals surface area contributed by atoms with Crippen molar-refractivity contribution >= 4 is 0 Å². The first kappa shape index (κ1) is 15.4. The van der Waals surface area contributed by atoms with E-state index < -0.39 is 0 Å². The van der Waals surface area contributed by atoms with Crippen LogP contribution < -0.4 is 9.47 Å². The fraction of sp³-hybridized carbons (Fsp3) is 0.333. The molecule has 21 heavy (non-hydrogen) atoms. The molecule has 2 rings (SSSR count). The maximum Gasteiger partial charge on any atom is 0.188 e. The summed E-state index contributed by atoms with van der Waals surface area (Å²) >= 11 is 0. The Labute approximate surface area is 126 Å². The molecule has 0 N–H and O–H groups in total. The van der Waals surface area contributed by atoms with Crippen LogP contribution in [0.3, 0.4) is 0 Å². The highest BCUT2D eigenvalue weighted by Gasteiger charge is 2.23. The zero-order valence-electron chi connectivity index (χ0n) is 13.1. The Hall–Kier alpha value is -2.00. The van der Waals surface area contributed by atoms with Gasteiger partial charge in [0.2, 0.25) is 0 Å². The fourth-order valence-corrected chi connectivity index (χ4v) is 2.27. The molecule has 0 atom stereocenters. The highest BCUT2D eigenvalue weighted by Crippen LogP contribution is 2.33. The molecule has 0 bridgehead atoms. The third-order valence-corrected chi connectivity index (χ3v) is 3.71. The lowest BCUT2D eigenvalue weighted by Gasteiger charge is -2.26. The Balaban J connectivity index is 2.25. The van der Waals surface area contributed by atoms with E-state index in [2.05, 4.69) is 38.1 Å². The Morgan fingerprint density at radius 1 is 0.857 bits per heavy atom. The van der Waals surface area contributed by atoms with Crippen LogP contribution in [0.2, 0.25) is 0 Å². The molecule has 3 nitrogen and oxygen atoms in total. The van der Waals surface area contributed by atoms with Crippen LogP contribution in [0.1, 0.15) is 25.0 Å². The molecule has 0 unspecified atom stereocenters. The molecular weight excluding hydrogens is 264 g/mol. The van der Waals surface area contributed by atoms with Gasteiger partial charge in [-0.05, 0) is 35.4 Å². The summed E-state index contributed by atoms with van der Waals surface area (Å²) in [5.74, 6) is 1.68. The van der Waals surface area contributed by atoms with Gasteiger partial charge < -0.3 is 14.2 Å². The second-order valence-corrected chi connectivity index (χ2v) is 5.43. The zero-order chi connectivity index (χ0) is 15.3. The first-order valence-corrected chi connectivity index (χ1v) is 6.94. The highest BCUT2D eigenvalue weighted by atomic mass is 16.7. The number of hydrogen-bond acceptors (Lipinski definition) is 3. The molecule has 2 aromatic carbocycles. The van der Waals surface area contributed by atoms with Gasteiger partial charge in [-0.2, -0.15) is 0 Å². The van der Waals surface area contributed by atoms with Crippen LogP contribution in [-0.4, -0.2) is 21.0 Å². The standard InChI is InChI=1S/C18H22O3/c1-18(2,15-6-5-7-17(12-15)20-4)14-8-10-16(11-9-14)21-13-19-3/h5-12H,13H2,1-4H3. The molecule has 112 valence electrons. The van der Waals surface area contributed by atoms with Crippen molar-refractivity contribution in [1.82, 2.24) is 0 Å². The molecule has 0 aliphatic carbocycles. The van der Waals surface area contributed by atoms with Crippen LogP contribution in [0.25, 0.3) is 0 Å². The summed E-state index contributed by atoms with van der Waals surface area (Å²) in [6.07, 6.45) is 0.